The third-order valence-corrected chi connectivity index (χ3v) is 4.94. The number of benzene rings is 2. The van der Waals surface area contributed by atoms with Crippen molar-refractivity contribution >= 4 is 18.3 Å². The lowest BCUT2D eigenvalue weighted by Crippen LogP contribution is -2.41. The molecule has 7 heteroatoms. The van der Waals surface area contributed by atoms with Crippen LogP contribution in [-0.2, 0) is 15.9 Å². The van der Waals surface area contributed by atoms with Crippen LogP contribution in [-0.4, -0.2) is 23.2 Å². The van der Waals surface area contributed by atoms with Crippen LogP contribution < -0.4 is 10.2 Å². The molecule has 136 valence electrons. The second kappa shape index (κ2) is 6.74. The normalized spacial score (nSPS) is 17.9. The molecule has 3 rings (SSSR count). The highest BCUT2D eigenvalue weighted by atomic mass is 16.7. The number of non-ortho nitro benzene ring substituents is 1. The smallest absolute Gasteiger partial charge is 0.489 e. The van der Waals surface area contributed by atoms with Crippen LogP contribution in [0.2, 0.25) is 0 Å². The van der Waals surface area contributed by atoms with Gasteiger partial charge in [-0.1, -0.05) is 30.3 Å². The summed E-state index contributed by atoms with van der Waals surface area (Å²) in [6.45, 7) is 8.22. The molecule has 0 radical (unpaired) electrons. The third-order valence-electron chi connectivity index (χ3n) is 4.94. The number of nitrogens with zero attached hydrogens (tertiary/aromatic N) is 1. The zero-order chi connectivity index (χ0) is 18.9. The molecule has 0 aliphatic carbocycles. The maximum absolute atomic E-state index is 10.9. The Bertz CT molecular complexity index is 805. The number of para-hydroxylation sites is 1. The number of nitro groups is 1. The molecule has 2 aromatic carbocycles. The zero-order valence-electron chi connectivity index (χ0n) is 15.4. The summed E-state index contributed by atoms with van der Waals surface area (Å²) in [5, 5.41) is 10.9. The van der Waals surface area contributed by atoms with Gasteiger partial charge in [0.15, 0.2) is 0 Å². The fraction of sp³-hybridized carbons (Fsp3) is 0.368. The summed E-state index contributed by atoms with van der Waals surface area (Å²) in [4.78, 5) is 10.5. The summed E-state index contributed by atoms with van der Waals surface area (Å²) in [6.07, 6.45) is 0. The second-order valence-corrected chi connectivity index (χ2v) is 7.34. The first-order valence-electron chi connectivity index (χ1n) is 8.50. The van der Waals surface area contributed by atoms with Crippen LogP contribution in [0.25, 0.3) is 0 Å². The Morgan fingerprint density at radius 3 is 2.35 bits per heavy atom. The molecule has 0 bridgehead atoms. The Hall–Kier alpha value is -2.38. The van der Waals surface area contributed by atoms with E-state index in [4.69, 9.17) is 14.0 Å². The second-order valence-electron chi connectivity index (χ2n) is 7.34. The third kappa shape index (κ3) is 3.59. The lowest BCUT2D eigenvalue weighted by atomic mass is 9.78. The highest BCUT2D eigenvalue weighted by Crippen LogP contribution is 2.37. The molecule has 0 aromatic heterocycles. The van der Waals surface area contributed by atoms with E-state index >= 15 is 0 Å². The molecule has 1 saturated heterocycles. The molecule has 1 heterocycles. The minimum absolute atomic E-state index is 0.0466. The molecule has 0 spiro atoms. The minimum Gasteiger partial charge on any atom is -0.489 e. The maximum Gasteiger partial charge on any atom is 0.498 e. The number of hydrogen-bond acceptors (Lipinski definition) is 5. The van der Waals surface area contributed by atoms with Gasteiger partial charge in [0, 0.05) is 17.6 Å². The molecule has 26 heavy (non-hydrogen) atoms. The Labute approximate surface area is 153 Å². The summed E-state index contributed by atoms with van der Waals surface area (Å²) in [5.41, 5.74) is 0.695. The molecule has 0 unspecified atom stereocenters. The van der Waals surface area contributed by atoms with Gasteiger partial charge in [0.25, 0.3) is 5.69 Å². The molecule has 0 atom stereocenters. The van der Waals surface area contributed by atoms with Gasteiger partial charge < -0.3 is 14.0 Å². The van der Waals surface area contributed by atoms with Gasteiger partial charge in [-0.25, -0.2) is 0 Å². The topological polar surface area (TPSA) is 70.8 Å². The van der Waals surface area contributed by atoms with Gasteiger partial charge >= 0.3 is 7.12 Å². The molecule has 0 N–H and O–H groups in total. The van der Waals surface area contributed by atoms with Gasteiger partial charge in [-0.15, -0.1) is 0 Å². The molecular weight excluding hydrogens is 333 g/mol. The first kappa shape index (κ1) is 18.4. The molecule has 6 nitrogen and oxygen atoms in total. The van der Waals surface area contributed by atoms with Gasteiger partial charge in [0.2, 0.25) is 0 Å². The van der Waals surface area contributed by atoms with Crippen molar-refractivity contribution in [1.29, 1.82) is 0 Å². The Balaban J connectivity index is 1.79. The molecule has 0 amide bonds. The van der Waals surface area contributed by atoms with Crippen LogP contribution in [0.15, 0.2) is 48.5 Å². The maximum atomic E-state index is 10.9. The van der Waals surface area contributed by atoms with Crippen LogP contribution in [0.1, 0.15) is 33.3 Å². The summed E-state index contributed by atoms with van der Waals surface area (Å²) in [7, 11) is -0.527. The van der Waals surface area contributed by atoms with E-state index in [1.165, 1.54) is 12.1 Å². The molecule has 1 aliphatic heterocycles. The molecule has 1 aliphatic rings. The van der Waals surface area contributed by atoms with E-state index < -0.39 is 23.2 Å². The Morgan fingerprint density at radius 2 is 1.69 bits per heavy atom. The largest absolute Gasteiger partial charge is 0.498 e. The number of ether oxygens (including phenoxy) is 1. The summed E-state index contributed by atoms with van der Waals surface area (Å²) in [5.74, 6) is 0.637. The van der Waals surface area contributed by atoms with Crippen molar-refractivity contribution < 1.29 is 19.0 Å². The predicted octanol–water partition coefficient (Wildman–Crippen LogP) is 3.47. The van der Waals surface area contributed by atoms with Crippen molar-refractivity contribution in [1.82, 2.24) is 0 Å². The summed E-state index contributed by atoms with van der Waals surface area (Å²) in [6, 6.07) is 13.9. The van der Waals surface area contributed by atoms with Crippen molar-refractivity contribution in [3.05, 3.63) is 64.2 Å². The number of rotatable bonds is 5. The SMILES string of the molecule is CC1(C)OB(c2ccccc2OCc2cccc([N+](=O)[O-])c2)OC1(C)C. The van der Waals surface area contributed by atoms with Crippen LogP contribution in [0.4, 0.5) is 5.69 Å². The van der Waals surface area contributed by atoms with Crippen molar-refractivity contribution in [3.8, 4) is 5.75 Å². The predicted molar refractivity (Wildman–Crippen MR) is 99.6 cm³/mol. The van der Waals surface area contributed by atoms with Gasteiger partial charge in [-0.3, -0.25) is 10.1 Å². The lowest BCUT2D eigenvalue weighted by Gasteiger charge is -2.32. The van der Waals surface area contributed by atoms with Crippen LogP contribution in [0, 0.1) is 10.1 Å². The monoisotopic (exact) mass is 355 g/mol. The fourth-order valence-corrected chi connectivity index (χ4v) is 2.70. The van der Waals surface area contributed by atoms with Crippen LogP contribution >= 0.6 is 0 Å². The van der Waals surface area contributed by atoms with Gasteiger partial charge in [0.1, 0.15) is 12.4 Å². The lowest BCUT2D eigenvalue weighted by molar-refractivity contribution is -0.384. The van der Waals surface area contributed by atoms with E-state index in [2.05, 4.69) is 0 Å². The highest BCUT2D eigenvalue weighted by Gasteiger charge is 2.52. The average molecular weight is 355 g/mol. The van der Waals surface area contributed by atoms with E-state index in [-0.39, 0.29) is 12.3 Å². The highest BCUT2D eigenvalue weighted by molar-refractivity contribution is 6.63. The zero-order valence-corrected chi connectivity index (χ0v) is 15.4. The van der Waals surface area contributed by atoms with Gasteiger partial charge in [-0.2, -0.15) is 0 Å². The van der Waals surface area contributed by atoms with Gasteiger partial charge in [-0.05, 0) is 39.3 Å². The minimum atomic E-state index is -0.527. The first-order valence-corrected chi connectivity index (χ1v) is 8.50. The van der Waals surface area contributed by atoms with Gasteiger partial charge in [0.05, 0.1) is 16.1 Å². The standard InChI is InChI=1S/C19H22BNO5/c1-18(2)19(3,4)26-20(25-18)16-10-5-6-11-17(16)24-13-14-8-7-9-15(12-14)21(22)23/h5-12H,13H2,1-4H3. The van der Waals surface area contributed by atoms with E-state index in [0.29, 0.717) is 5.75 Å². The van der Waals surface area contributed by atoms with E-state index in [1.807, 2.05) is 52.0 Å². The Kier molecular flexibility index (Phi) is 4.77. The first-order chi connectivity index (χ1) is 12.2. The summed E-state index contributed by atoms with van der Waals surface area (Å²) >= 11 is 0. The van der Waals surface area contributed by atoms with Crippen molar-refractivity contribution in [2.24, 2.45) is 0 Å². The average Bonchev–Trinajstić information content (AvgIpc) is 2.81. The molecule has 1 fully saturated rings. The van der Waals surface area contributed by atoms with E-state index in [0.717, 1.165) is 11.0 Å². The number of hydrogen-bond donors (Lipinski definition) is 0. The summed E-state index contributed by atoms with van der Waals surface area (Å²) < 4.78 is 18.1. The van der Waals surface area contributed by atoms with Crippen LogP contribution in [0.3, 0.4) is 0 Å². The molecular formula is C19H22BNO5. The van der Waals surface area contributed by atoms with Crippen LogP contribution in [0.5, 0.6) is 5.75 Å². The van der Waals surface area contributed by atoms with E-state index in [9.17, 15) is 10.1 Å². The van der Waals surface area contributed by atoms with Crippen molar-refractivity contribution in [3.63, 3.8) is 0 Å². The fourth-order valence-electron chi connectivity index (χ4n) is 2.70. The molecule has 0 saturated carbocycles. The quantitative estimate of drug-likeness (QED) is 0.467. The number of nitro benzene ring substituents is 1. The van der Waals surface area contributed by atoms with E-state index in [1.54, 1.807) is 12.1 Å². The van der Waals surface area contributed by atoms with Crippen molar-refractivity contribution in [2.75, 3.05) is 0 Å². The Morgan fingerprint density at radius 1 is 1.04 bits per heavy atom. The molecule has 2 aromatic rings. The van der Waals surface area contributed by atoms with Crippen molar-refractivity contribution in [2.45, 2.75) is 45.5 Å².